The fourth-order valence-electron chi connectivity index (χ4n) is 2.80. The van der Waals surface area contributed by atoms with Gasteiger partial charge in [-0.15, -0.1) is 0 Å². The van der Waals surface area contributed by atoms with Crippen molar-refractivity contribution in [3.63, 3.8) is 0 Å². The van der Waals surface area contributed by atoms with E-state index in [4.69, 9.17) is 0 Å². The number of carbonyl (C=O) groups is 3. The zero-order valence-corrected chi connectivity index (χ0v) is 12.5. The minimum Gasteiger partial charge on any atom is -0.481 e. The summed E-state index contributed by atoms with van der Waals surface area (Å²) >= 11 is 0. The van der Waals surface area contributed by atoms with Crippen LogP contribution in [0.4, 0.5) is 0 Å². The largest absolute Gasteiger partial charge is 0.481 e. The Morgan fingerprint density at radius 2 is 1.91 bits per heavy atom. The second kappa shape index (κ2) is 7.06. The highest BCUT2D eigenvalue weighted by atomic mass is 16.4. The summed E-state index contributed by atoms with van der Waals surface area (Å²) < 4.78 is 0. The van der Waals surface area contributed by atoms with E-state index < -0.39 is 11.9 Å². The molecule has 22 heavy (non-hydrogen) atoms. The summed E-state index contributed by atoms with van der Waals surface area (Å²) in [5.41, 5.74) is 0.937. The van der Waals surface area contributed by atoms with Gasteiger partial charge in [0.1, 0.15) is 0 Å². The average molecular weight is 304 g/mol. The Kier molecular flexibility index (Phi) is 5.14. The molecule has 0 unspecified atom stereocenters. The number of carbonyl (C=O) groups excluding carboxylic acids is 2. The predicted molar refractivity (Wildman–Crippen MR) is 80.2 cm³/mol. The predicted octanol–water partition coefficient (Wildman–Crippen LogP) is 0.839. The van der Waals surface area contributed by atoms with Gasteiger partial charge in [0.15, 0.2) is 0 Å². The van der Waals surface area contributed by atoms with Crippen molar-refractivity contribution in [3.8, 4) is 0 Å². The molecule has 2 N–H and O–H groups in total. The fourth-order valence-corrected chi connectivity index (χ4v) is 2.80. The minimum absolute atomic E-state index is 0.126. The van der Waals surface area contributed by atoms with Crippen LogP contribution in [0.15, 0.2) is 30.3 Å². The van der Waals surface area contributed by atoms with Crippen molar-refractivity contribution in [3.05, 3.63) is 35.9 Å². The van der Waals surface area contributed by atoms with E-state index in [0.717, 1.165) is 5.56 Å². The van der Waals surface area contributed by atoms with Crippen molar-refractivity contribution in [2.75, 3.05) is 19.6 Å². The number of aliphatic carboxylic acids is 1. The quantitative estimate of drug-likeness (QED) is 0.844. The molecular formula is C16H20N2O4. The van der Waals surface area contributed by atoms with Gasteiger partial charge in [0, 0.05) is 38.9 Å². The number of carboxylic acid groups (broad SMARTS) is 1. The summed E-state index contributed by atoms with van der Waals surface area (Å²) in [6.07, 6.45) is 0.188. The summed E-state index contributed by atoms with van der Waals surface area (Å²) in [6.45, 7) is 2.29. The summed E-state index contributed by atoms with van der Waals surface area (Å²) in [5, 5.41) is 12.0. The molecule has 1 heterocycles. The molecule has 2 rings (SSSR count). The maximum atomic E-state index is 12.2. The van der Waals surface area contributed by atoms with Gasteiger partial charge in [0.05, 0.1) is 5.92 Å². The first-order chi connectivity index (χ1) is 10.5. The number of likely N-dealkylation sites (tertiary alicyclic amines) is 1. The Bertz CT molecular complexity index is 559. The molecule has 0 spiro atoms. The zero-order valence-electron chi connectivity index (χ0n) is 12.5. The molecule has 0 radical (unpaired) electrons. The Hall–Kier alpha value is -2.37. The van der Waals surface area contributed by atoms with E-state index in [9.17, 15) is 19.5 Å². The number of amides is 2. The van der Waals surface area contributed by atoms with Crippen molar-refractivity contribution in [2.45, 2.75) is 19.3 Å². The van der Waals surface area contributed by atoms with Gasteiger partial charge in [0.2, 0.25) is 11.8 Å². The topological polar surface area (TPSA) is 86.7 Å². The van der Waals surface area contributed by atoms with Crippen LogP contribution in [0.3, 0.4) is 0 Å². The smallest absolute Gasteiger partial charge is 0.308 e. The van der Waals surface area contributed by atoms with Gasteiger partial charge in [-0.05, 0) is 5.56 Å². The van der Waals surface area contributed by atoms with Gasteiger partial charge >= 0.3 is 5.97 Å². The highest BCUT2D eigenvalue weighted by molar-refractivity contribution is 5.80. The maximum absolute atomic E-state index is 12.2. The van der Waals surface area contributed by atoms with Crippen molar-refractivity contribution in [1.82, 2.24) is 10.2 Å². The van der Waals surface area contributed by atoms with E-state index in [-0.39, 0.29) is 37.2 Å². The molecule has 2 atom stereocenters. The van der Waals surface area contributed by atoms with Gasteiger partial charge in [-0.25, -0.2) is 0 Å². The van der Waals surface area contributed by atoms with Gasteiger partial charge in [-0.3, -0.25) is 14.4 Å². The van der Waals surface area contributed by atoms with Crippen LogP contribution >= 0.6 is 0 Å². The first-order valence-corrected chi connectivity index (χ1v) is 7.29. The molecule has 1 aliphatic heterocycles. The van der Waals surface area contributed by atoms with Crippen molar-refractivity contribution in [2.24, 2.45) is 5.92 Å². The Labute approximate surface area is 129 Å². The van der Waals surface area contributed by atoms with E-state index >= 15 is 0 Å². The molecular weight excluding hydrogens is 284 g/mol. The number of benzene rings is 1. The Balaban J connectivity index is 2.03. The van der Waals surface area contributed by atoms with Gasteiger partial charge in [0.25, 0.3) is 0 Å². The molecule has 6 heteroatoms. The first-order valence-electron chi connectivity index (χ1n) is 7.29. The average Bonchev–Trinajstić information content (AvgIpc) is 2.93. The van der Waals surface area contributed by atoms with Gasteiger partial charge in [-0.1, -0.05) is 30.3 Å². The molecule has 2 amide bonds. The molecule has 6 nitrogen and oxygen atoms in total. The van der Waals surface area contributed by atoms with Crippen LogP contribution < -0.4 is 5.32 Å². The molecule has 1 aromatic carbocycles. The lowest BCUT2D eigenvalue weighted by atomic mass is 9.89. The SMILES string of the molecule is CC(=O)NCCC(=O)N1C[C@H](C(=O)O)[C@H](c2ccccc2)C1. The fraction of sp³-hybridized carbons (Fsp3) is 0.438. The molecule has 0 saturated carbocycles. The lowest BCUT2D eigenvalue weighted by molar-refractivity contribution is -0.141. The van der Waals surface area contributed by atoms with E-state index in [2.05, 4.69) is 5.32 Å². The Morgan fingerprint density at radius 3 is 2.50 bits per heavy atom. The van der Waals surface area contributed by atoms with E-state index in [1.807, 2.05) is 30.3 Å². The molecule has 1 aliphatic rings. The number of hydrogen-bond donors (Lipinski definition) is 2. The number of rotatable bonds is 5. The second-order valence-corrected chi connectivity index (χ2v) is 5.49. The summed E-state index contributed by atoms with van der Waals surface area (Å²) in [4.78, 5) is 36.0. The molecule has 0 aromatic heterocycles. The third-order valence-corrected chi connectivity index (χ3v) is 3.93. The normalized spacial score (nSPS) is 20.7. The van der Waals surface area contributed by atoms with Gasteiger partial charge in [-0.2, -0.15) is 0 Å². The van der Waals surface area contributed by atoms with Crippen LogP contribution in [0.1, 0.15) is 24.8 Å². The van der Waals surface area contributed by atoms with E-state index in [1.54, 1.807) is 4.90 Å². The first kappa shape index (κ1) is 16.0. The number of nitrogens with zero attached hydrogens (tertiary/aromatic N) is 1. The maximum Gasteiger partial charge on any atom is 0.308 e. The van der Waals surface area contributed by atoms with Crippen LogP contribution in [0, 0.1) is 5.92 Å². The van der Waals surface area contributed by atoms with E-state index in [1.165, 1.54) is 6.92 Å². The standard InChI is InChI=1S/C16H20N2O4/c1-11(19)17-8-7-15(20)18-9-13(14(10-18)16(21)22)12-5-3-2-4-6-12/h2-6,13-14H,7-10H2,1H3,(H,17,19)(H,21,22)/t13-,14-/m0/s1. The molecule has 0 bridgehead atoms. The number of nitrogens with one attached hydrogen (secondary N) is 1. The monoisotopic (exact) mass is 304 g/mol. The summed E-state index contributed by atoms with van der Waals surface area (Å²) in [5.74, 6) is -1.97. The minimum atomic E-state index is -0.883. The van der Waals surface area contributed by atoms with Crippen LogP contribution in [0.2, 0.25) is 0 Å². The molecule has 1 saturated heterocycles. The zero-order chi connectivity index (χ0) is 16.1. The van der Waals surface area contributed by atoms with Crippen molar-refractivity contribution < 1.29 is 19.5 Å². The second-order valence-electron chi connectivity index (χ2n) is 5.49. The third-order valence-electron chi connectivity index (χ3n) is 3.93. The van der Waals surface area contributed by atoms with Crippen molar-refractivity contribution >= 4 is 17.8 Å². The van der Waals surface area contributed by atoms with Crippen LogP contribution in [0.5, 0.6) is 0 Å². The number of hydrogen-bond acceptors (Lipinski definition) is 3. The molecule has 1 aromatic rings. The number of carboxylic acids is 1. The molecule has 1 fully saturated rings. The molecule has 118 valence electrons. The highest BCUT2D eigenvalue weighted by Gasteiger charge is 2.40. The summed E-state index contributed by atoms with van der Waals surface area (Å²) in [7, 11) is 0. The van der Waals surface area contributed by atoms with Crippen LogP contribution in [-0.4, -0.2) is 47.4 Å². The lowest BCUT2D eigenvalue weighted by Gasteiger charge is -2.16. The van der Waals surface area contributed by atoms with Gasteiger partial charge < -0.3 is 15.3 Å². The third kappa shape index (κ3) is 3.84. The Morgan fingerprint density at radius 1 is 1.23 bits per heavy atom. The molecule has 0 aliphatic carbocycles. The summed E-state index contributed by atoms with van der Waals surface area (Å²) in [6, 6.07) is 9.41. The van der Waals surface area contributed by atoms with Crippen LogP contribution in [0.25, 0.3) is 0 Å². The highest BCUT2D eigenvalue weighted by Crippen LogP contribution is 2.33. The lowest BCUT2D eigenvalue weighted by Crippen LogP contribution is -2.33. The van der Waals surface area contributed by atoms with E-state index in [0.29, 0.717) is 6.54 Å². The van der Waals surface area contributed by atoms with Crippen molar-refractivity contribution in [1.29, 1.82) is 0 Å². The van der Waals surface area contributed by atoms with Crippen LogP contribution in [-0.2, 0) is 14.4 Å².